The highest BCUT2D eigenvalue weighted by atomic mass is 19.1. The summed E-state index contributed by atoms with van der Waals surface area (Å²) in [5, 5.41) is 3.02. The Bertz CT molecular complexity index is 1160. The van der Waals surface area contributed by atoms with E-state index >= 15 is 0 Å². The predicted molar refractivity (Wildman–Crippen MR) is 141 cm³/mol. The molecule has 2 aliphatic heterocycles. The Kier molecular flexibility index (Phi) is 7.72. The van der Waals surface area contributed by atoms with Crippen molar-refractivity contribution in [3.8, 4) is 0 Å². The number of anilines is 2. The van der Waals surface area contributed by atoms with Gasteiger partial charge in [-0.3, -0.25) is 14.4 Å². The molecule has 3 fully saturated rings. The molecule has 0 bridgehead atoms. The van der Waals surface area contributed by atoms with Crippen molar-refractivity contribution in [3.63, 3.8) is 0 Å². The first-order chi connectivity index (χ1) is 18.0. The molecule has 2 heterocycles. The van der Waals surface area contributed by atoms with E-state index in [2.05, 4.69) is 10.2 Å². The minimum atomic E-state index is -0.423. The molecular weight excluding hydrogens is 471 g/mol. The van der Waals surface area contributed by atoms with Crippen LogP contribution in [-0.4, -0.2) is 66.8 Å². The quantitative estimate of drug-likeness (QED) is 0.646. The highest BCUT2D eigenvalue weighted by Gasteiger charge is 2.28. The van der Waals surface area contributed by atoms with Gasteiger partial charge in [0.15, 0.2) is 0 Å². The topological polar surface area (TPSA) is 73.0 Å². The van der Waals surface area contributed by atoms with E-state index in [1.165, 1.54) is 12.1 Å². The molecule has 196 valence electrons. The number of carbonyl (C=O) groups is 3. The van der Waals surface area contributed by atoms with E-state index in [-0.39, 0.29) is 23.6 Å². The second-order valence-corrected chi connectivity index (χ2v) is 10.3. The van der Waals surface area contributed by atoms with Crippen LogP contribution in [0.25, 0.3) is 0 Å². The Morgan fingerprint density at radius 2 is 1.51 bits per heavy atom. The summed E-state index contributed by atoms with van der Waals surface area (Å²) in [7, 11) is 0. The molecule has 3 amide bonds. The third-order valence-electron chi connectivity index (χ3n) is 7.81. The molecule has 1 N–H and O–H groups in total. The van der Waals surface area contributed by atoms with Gasteiger partial charge in [-0.1, -0.05) is 12.5 Å². The second-order valence-electron chi connectivity index (χ2n) is 10.3. The Hall–Kier alpha value is -3.42. The average molecular weight is 507 g/mol. The molecule has 0 aromatic heterocycles. The van der Waals surface area contributed by atoms with E-state index in [0.717, 1.165) is 63.7 Å². The Morgan fingerprint density at radius 3 is 2.24 bits per heavy atom. The van der Waals surface area contributed by atoms with E-state index in [1.54, 1.807) is 17.0 Å². The van der Waals surface area contributed by atoms with E-state index in [4.69, 9.17) is 0 Å². The molecule has 1 aliphatic carbocycles. The summed E-state index contributed by atoms with van der Waals surface area (Å²) in [5.41, 5.74) is 2.43. The first-order valence-corrected chi connectivity index (χ1v) is 13.5. The van der Waals surface area contributed by atoms with Crippen molar-refractivity contribution in [1.29, 1.82) is 0 Å². The number of carbonyl (C=O) groups excluding carboxylic acids is 3. The third kappa shape index (κ3) is 5.78. The fourth-order valence-electron chi connectivity index (χ4n) is 5.41. The maximum Gasteiger partial charge on any atom is 0.256 e. The molecule has 0 atom stereocenters. The van der Waals surface area contributed by atoms with Crippen LogP contribution >= 0.6 is 0 Å². The average Bonchev–Trinajstić information content (AvgIpc) is 3.13. The van der Waals surface area contributed by atoms with Crippen LogP contribution in [0.5, 0.6) is 0 Å². The Morgan fingerprint density at radius 1 is 0.757 bits per heavy atom. The zero-order chi connectivity index (χ0) is 25.8. The molecule has 7 nitrogen and oxygen atoms in total. The SMILES string of the molecule is O=C(Nc1ccc(N2CCCN(C(=O)c3cccc(F)c3)CC2)c(C(=O)N2CCCCC2)c1)C1CCC1. The van der Waals surface area contributed by atoms with Gasteiger partial charge in [0, 0.05) is 62.1 Å². The first-order valence-electron chi connectivity index (χ1n) is 13.5. The van der Waals surface area contributed by atoms with Crippen molar-refractivity contribution in [2.45, 2.75) is 44.9 Å². The van der Waals surface area contributed by atoms with Crippen molar-refractivity contribution in [1.82, 2.24) is 9.80 Å². The summed E-state index contributed by atoms with van der Waals surface area (Å²) in [4.78, 5) is 45.1. The molecule has 0 unspecified atom stereocenters. The van der Waals surface area contributed by atoms with Gasteiger partial charge in [0.1, 0.15) is 5.82 Å². The lowest BCUT2D eigenvalue weighted by atomic mass is 9.85. The highest BCUT2D eigenvalue weighted by Crippen LogP contribution is 2.31. The van der Waals surface area contributed by atoms with Crippen LogP contribution in [-0.2, 0) is 4.79 Å². The first kappa shape index (κ1) is 25.2. The highest BCUT2D eigenvalue weighted by molar-refractivity contribution is 6.02. The fourth-order valence-corrected chi connectivity index (χ4v) is 5.41. The van der Waals surface area contributed by atoms with Gasteiger partial charge < -0.3 is 20.0 Å². The van der Waals surface area contributed by atoms with Gasteiger partial charge in [0.05, 0.1) is 5.56 Å². The number of nitrogens with one attached hydrogen (secondary N) is 1. The molecule has 8 heteroatoms. The number of hydrogen-bond donors (Lipinski definition) is 1. The van der Waals surface area contributed by atoms with Gasteiger partial charge in [0.25, 0.3) is 11.8 Å². The zero-order valence-electron chi connectivity index (χ0n) is 21.3. The van der Waals surface area contributed by atoms with Gasteiger partial charge in [-0.05, 0) is 74.9 Å². The maximum absolute atomic E-state index is 13.7. The van der Waals surface area contributed by atoms with Crippen molar-refractivity contribution < 1.29 is 18.8 Å². The van der Waals surface area contributed by atoms with Crippen LogP contribution in [0, 0.1) is 11.7 Å². The number of likely N-dealkylation sites (tertiary alicyclic amines) is 1. The second kappa shape index (κ2) is 11.3. The van der Waals surface area contributed by atoms with E-state index in [0.29, 0.717) is 43.0 Å². The van der Waals surface area contributed by atoms with E-state index < -0.39 is 5.82 Å². The molecule has 5 rings (SSSR count). The number of piperidine rings is 1. The number of rotatable bonds is 5. The number of halogens is 1. The summed E-state index contributed by atoms with van der Waals surface area (Å²) in [6.45, 7) is 3.79. The largest absolute Gasteiger partial charge is 0.369 e. The van der Waals surface area contributed by atoms with Crippen molar-refractivity contribution in [2.75, 3.05) is 49.5 Å². The molecule has 3 aliphatic rings. The Labute approximate surface area is 217 Å². The summed E-state index contributed by atoms with van der Waals surface area (Å²) < 4.78 is 13.7. The summed E-state index contributed by atoms with van der Waals surface area (Å²) in [5.74, 6) is -0.524. The van der Waals surface area contributed by atoms with Crippen LogP contribution in [0.3, 0.4) is 0 Å². The standard InChI is InChI=1S/C29H35FN4O3/c30-23-10-5-9-22(19-23)28(36)34-16-6-15-32(17-18-34)26-12-11-24(31-27(35)21-7-4-8-21)20-25(26)29(37)33-13-2-1-3-14-33/h5,9-12,19-21H,1-4,6-8,13-18H2,(H,31,35). The smallest absolute Gasteiger partial charge is 0.256 e. The molecule has 0 radical (unpaired) electrons. The number of amides is 3. The number of nitrogens with zero attached hydrogens (tertiary/aromatic N) is 3. The summed E-state index contributed by atoms with van der Waals surface area (Å²) in [6.07, 6.45) is 6.79. The van der Waals surface area contributed by atoms with Crippen molar-refractivity contribution in [3.05, 3.63) is 59.4 Å². The van der Waals surface area contributed by atoms with E-state index in [1.807, 2.05) is 23.1 Å². The number of hydrogen-bond acceptors (Lipinski definition) is 4. The van der Waals surface area contributed by atoms with Crippen molar-refractivity contribution in [2.24, 2.45) is 5.92 Å². The monoisotopic (exact) mass is 506 g/mol. The minimum absolute atomic E-state index is 0.00798. The zero-order valence-corrected chi connectivity index (χ0v) is 21.3. The van der Waals surface area contributed by atoms with E-state index in [9.17, 15) is 18.8 Å². The molecule has 0 spiro atoms. The third-order valence-corrected chi connectivity index (χ3v) is 7.81. The molecular formula is C29H35FN4O3. The fraction of sp³-hybridized carbons (Fsp3) is 0.483. The van der Waals surface area contributed by atoms with Crippen LogP contribution in [0.2, 0.25) is 0 Å². The van der Waals surface area contributed by atoms with Gasteiger partial charge in [-0.2, -0.15) is 0 Å². The lowest BCUT2D eigenvalue weighted by Gasteiger charge is -2.31. The number of benzene rings is 2. The lowest BCUT2D eigenvalue weighted by molar-refractivity contribution is -0.122. The van der Waals surface area contributed by atoms with Crippen LogP contribution in [0.4, 0.5) is 15.8 Å². The lowest BCUT2D eigenvalue weighted by Crippen LogP contribution is -2.38. The molecule has 2 saturated heterocycles. The van der Waals surface area contributed by atoms with Gasteiger partial charge in [0.2, 0.25) is 5.91 Å². The van der Waals surface area contributed by atoms with Crippen LogP contribution in [0.1, 0.15) is 65.7 Å². The molecule has 37 heavy (non-hydrogen) atoms. The van der Waals surface area contributed by atoms with Crippen LogP contribution in [0.15, 0.2) is 42.5 Å². The maximum atomic E-state index is 13.7. The summed E-state index contributed by atoms with van der Waals surface area (Å²) in [6, 6.07) is 11.4. The summed E-state index contributed by atoms with van der Waals surface area (Å²) >= 11 is 0. The Balaban J connectivity index is 1.36. The normalized spacial score (nSPS) is 18.7. The van der Waals surface area contributed by atoms with Crippen LogP contribution < -0.4 is 10.2 Å². The predicted octanol–water partition coefficient (Wildman–Crippen LogP) is 4.54. The van der Waals surface area contributed by atoms with Crippen molar-refractivity contribution >= 4 is 29.1 Å². The minimum Gasteiger partial charge on any atom is -0.369 e. The molecule has 1 saturated carbocycles. The van der Waals surface area contributed by atoms with Gasteiger partial charge in [-0.25, -0.2) is 4.39 Å². The molecule has 2 aromatic rings. The van der Waals surface area contributed by atoms with Gasteiger partial charge in [-0.15, -0.1) is 0 Å². The molecule has 2 aromatic carbocycles. The van der Waals surface area contributed by atoms with Gasteiger partial charge >= 0.3 is 0 Å².